The van der Waals surface area contributed by atoms with Gasteiger partial charge in [0.25, 0.3) is 0 Å². The first-order valence-electron chi connectivity index (χ1n) is 9.17. The molecular weight excluding hydrogens is 416 g/mol. The number of rotatable bonds is 13. The molecule has 156 valence electrons. The Morgan fingerprint density at radius 1 is 1.39 bits per heavy atom. The number of nitrogens with one attached hydrogen (secondary N) is 1. The van der Waals surface area contributed by atoms with Crippen molar-refractivity contribution in [2.24, 2.45) is 0 Å². The normalized spacial score (nSPS) is 11.0. The first-order valence-corrected chi connectivity index (χ1v) is 11.2. The number of hydrogen-bond acceptors (Lipinski definition) is 6. The molecule has 0 aliphatic rings. The fourth-order valence-electron chi connectivity index (χ4n) is 2.34. The summed E-state index contributed by atoms with van der Waals surface area (Å²) in [5.74, 6) is 2.13. The van der Waals surface area contributed by atoms with E-state index in [1.54, 1.807) is 41.8 Å². The van der Waals surface area contributed by atoms with Crippen LogP contribution in [-0.4, -0.2) is 36.3 Å². The Kier molecular flexibility index (Phi) is 12.8. The fourth-order valence-corrected chi connectivity index (χ4v) is 3.96. The van der Waals surface area contributed by atoms with Crippen LogP contribution in [0.25, 0.3) is 0 Å². The van der Waals surface area contributed by atoms with Gasteiger partial charge in [-0.3, -0.25) is 9.69 Å². The van der Waals surface area contributed by atoms with E-state index >= 15 is 0 Å². The molecule has 0 spiro atoms. The highest BCUT2D eigenvalue weighted by molar-refractivity contribution is 7.99. The summed E-state index contributed by atoms with van der Waals surface area (Å²) in [5, 5.41) is 4.83. The van der Waals surface area contributed by atoms with Gasteiger partial charge in [-0.05, 0) is 31.4 Å². The minimum absolute atomic E-state index is 0. The summed E-state index contributed by atoms with van der Waals surface area (Å²) in [6, 6.07) is 4.02. The topological polar surface area (TPSA) is 54.7 Å². The van der Waals surface area contributed by atoms with Crippen LogP contribution < -0.4 is 10.1 Å². The summed E-state index contributed by atoms with van der Waals surface area (Å²) in [4.78, 5) is 15.4. The smallest absolute Gasteiger partial charge is 0.233 e. The number of halogens is 1. The average molecular weight is 445 g/mol. The third kappa shape index (κ3) is 9.68. The number of thioether (sulfide) groups is 1. The molecule has 0 fully saturated rings. The van der Waals surface area contributed by atoms with Crippen molar-refractivity contribution in [1.82, 2.24) is 10.2 Å². The van der Waals surface area contributed by atoms with Crippen molar-refractivity contribution >= 4 is 41.4 Å². The van der Waals surface area contributed by atoms with E-state index in [0.717, 1.165) is 43.1 Å². The third-order valence-electron chi connectivity index (χ3n) is 3.90. The second-order valence-electron chi connectivity index (χ2n) is 5.94. The molecule has 8 heteroatoms. The minimum atomic E-state index is -0.000424. The van der Waals surface area contributed by atoms with Gasteiger partial charge >= 0.3 is 0 Å². The van der Waals surface area contributed by atoms with Gasteiger partial charge in [-0.1, -0.05) is 19.9 Å². The molecule has 0 saturated carbocycles. The van der Waals surface area contributed by atoms with E-state index in [2.05, 4.69) is 35.5 Å². The van der Waals surface area contributed by atoms with Gasteiger partial charge in [-0.15, -0.1) is 35.5 Å². The first-order chi connectivity index (χ1) is 13.2. The number of amides is 1. The molecule has 0 radical (unpaired) electrons. The highest BCUT2D eigenvalue weighted by atomic mass is 35.5. The van der Waals surface area contributed by atoms with Gasteiger partial charge in [0.05, 0.1) is 24.9 Å². The zero-order chi connectivity index (χ0) is 19.3. The molecule has 0 aliphatic carbocycles. The fraction of sp³-hybridized carbons (Fsp3) is 0.450. The predicted molar refractivity (Wildman–Crippen MR) is 120 cm³/mol. The molecule has 0 aromatic carbocycles. The molecule has 0 bridgehead atoms. The quantitative estimate of drug-likeness (QED) is 0.443. The van der Waals surface area contributed by atoms with Gasteiger partial charge in [-0.25, -0.2) is 0 Å². The van der Waals surface area contributed by atoms with Crippen LogP contribution in [-0.2, 0) is 17.1 Å². The molecule has 2 rings (SSSR count). The van der Waals surface area contributed by atoms with Crippen LogP contribution in [0.2, 0.25) is 0 Å². The zero-order valence-electron chi connectivity index (χ0n) is 16.4. The van der Waals surface area contributed by atoms with E-state index in [0.29, 0.717) is 12.4 Å². The van der Waals surface area contributed by atoms with Crippen molar-refractivity contribution in [3.8, 4) is 5.75 Å². The van der Waals surface area contributed by atoms with E-state index < -0.39 is 0 Å². The van der Waals surface area contributed by atoms with Crippen molar-refractivity contribution in [1.29, 1.82) is 0 Å². The molecule has 2 heterocycles. The largest absolute Gasteiger partial charge is 0.492 e. The number of carbonyl (C=O) groups excluding carboxylic acids is 1. The lowest BCUT2D eigenvalue weighted by Gasteiger charge is -2.16. The maximum atomic E-state index is 11.7. The monoisotopic (exact) mass is 444 g/mol. The van der Waals surface area contributed by atoms with Crippen molar-refractivity contribution in [3.05, 3.63) is 52.8 Å². The molecule has 5 nitrogen and oxygen atoms in total. The Bertz CT molecular complexity index is 685. The van der Waals surface area contributed by atoms with E-state index in [9.17, 15) is 4.79 Å². The standard InChI is InChI=1S/C20H28N2O3S2.ClH/c1-3-22(4-2)12-19-11-18(15-27-19)25-9-6-5-8-21-20(23)16-26-14-17-7-10-24-13-17;/h5,7-8,10-11,13,15H,3-4,6,9,12,14,16H2,1-2H3,(H,21,23);1H/b8-5-;. The lowest BCUT2D eigenvalue weighted by molar-refractivity contribution is -0.117. The molecule has 0 atom stereocenters. The molecule has 0 aliphatic heterocycles. The van der Waals surface area contributed by atoms with Crippen LogP contribution in [0.1, 0.15) is 30.7 Å². The van der Waals surface area contributed by atoms with Crippen LogP contribution in [0.3, 0.4) is 0 Å². The second kappa shape index (κ2) is 14.6. The summed E-state index contributed by atoms with van der Waals surface area (Å²) in [6.07, 6.45) is 7.71. The molecule has 0 saturated heterocycles. The van der Waals surface area contributed by atoms with Gasteiger partial charge in [0.15, 0.2) is 0 Å². The van der Waals surface area contributed by atoms with Crippen LogP contribution in [0.5, 0.6) is 5.75 Å². The van der Waals surface area contributed by atoms with E-state index in [1.165, 1.54) is 4.88 Å². The van der Waals surface area contributed by atoms with Crippen molar-refractivity contribution < 1.29 is 13.9 Å². The molecule has 1 N–H and O–H groups in total. The Morgan fingerprint density at radius 3 is 2.93 bits per heavy atom. The molecule has 1 amide bonds. The maximum absolute atomic E-state index is 11.7. The van der Waals surface area contributed by atoms with E-state index in [4.69, 9.17) is 9.15 Å². The molecular formula is C20H29ClN2O3S2. The summed E-state index contributed by atoms with van der Waals surface area (Å²) in [5.41, 5.74) is 1.09. The average Bonchev–Trinajstić information content (AvgIpc) is 3.34. The number of furan rings is 1. The van der Waals surface area contributed by atoms with Crippen molar-refractivity contribution in [3.63, 3.8) is 0 Å². The van der Waals surface area contributed by atoms with Crippen LogP contribution in [0, 0.1) is 0 Å². The Balaban J connectivity index is 0.00000392. The number of nitrogens with zero attached hydrogens (tertiary/aromatic N) is 1. The molecule has 28 heavy (non-hydrogen) atoms. The van der Waals surface area contributed by atoms with E-state index in [1.807, 2.05) is 12.1 Å². The van der Waals surface area contributed by atoms with Crippen LogP contribution in [0.4, 0.5) is 0 Å². The van der Waals surface area contributed by atoms with Crippen molar-refractivity contribution in [2.45, 2.75) is 32.6 Å². The SMILES string of the molecule is CCN(CC)Cc1cc(OCC/C=C\NC(=O)CSCc2ccoc2)cs1.Cl. The van der Waals surface area contributed by atoms with Crippen molar-refractivity contribution in [2.75, 3.05) is 25.4 Å². The lowest BCUT2D eigenvalue weighted by atomic mass is 10.4. The Hall–Kier alpha value is -1.41. The predicted octanol–water partition coefficient (Wildman–Crippen LogP) is 4.94. The summed E-state index contributed by atoms with van der Waals surface area (Å²) in [6.45, 7) is 8.05. The summed E-state index contributed by atoms with van der Waals surface area (Å²) < 4.78 is 10.8. The zero-order valence-corrected chi connectivity index (χ0v) is 18.8. The first kappa shape index (κ1) is 24.6. The summed E-state index contributed by atoms with van der Waals surface area (Å²) in [7, 11) is 0. The Morgan fingerprint density at radius 2 is 2.21 bits per heavy atom. The lowest BCUT2D eigenvalue weighted by Crippen LogP contribution is -2.21. The highest BCUT2D eigenvalue weighted by Crippen LogP contribution is 2.23. The minimum Gasteiger partial charge on any atom is -0.492 e. The summed E-state index contributed by atoms with van der Waals surface area (Å²) >= 11 is 3.30. The van der Waals surface area contributed by atoms with Gasteiger partial charge in [0.2, 0.25) is 5.91 Å². The van der Waals surface area contributed by atoms with Gasteiger partial charge in [0, 0.05) is 34.5 Å². The highest BCUT2D eigenvalue weighted by Gasteiger charge is 2.05. The van der Waals surface area contributed by atoms with Crippen LogP contribution in [0.15, 0.2) is 46.7 Å². The van der Waals surface area contributed by atoms with Crippen LogP contribution >= 0.6 is 35.5 Å². The number of hydrogen-bond donors (Lipinski definition) is 1. The third-order valence-corrected chi connectivity index (χ3v) is 5.80. The second-order valence-corrected chi connectivity index (χ2v) is 7.92. The molecule has 2 aromatic heterocycles. The van der Waals surface area contributed by atoms with Gasteiger partial charge < -0.3 is 14.5 Å². The number of ether oxygens (including phenoxy) is 1. The molecule has 0 unspecified atom stereocenters. The Labute approximate surface area is 181 Å². The van der Waals surface area contributed by atoms with E-state index in [-0.39, 0.29) is 18.3 Å². The molecule has 2 aromatic rings. The van der Waals surface area contributed by atoms with Gasteiger partial charge in [-0.2, -0.15) is 0 Å². The number of thiophene rings is 1. The number of carbonyl (C=O) groups is 1. The van der Waals surface area contributed by atoms with Gasteiger partial charge in [0.1, 0.15) is 5.75 Å². The maximum Gasteiger partial charge on any atom is 0.233 e.